The molecule has 0 fully saturated rings. The van der Waals surface area contributed by atoms with Crippen molar-refractivity contribution < 1.29 is 43.9 Å². The zero-order valence-electron chi connectivity index (χ0n) is 12.9. The molecule has 4 nitrogen and oxygen atoms in total. The summed E-state index contributed by atoms with van der Waals surface area (Å²) in [7, 11) is 0. The van der Waals surface area contributed by atoms with E-state index in [2.05, 4.69) is 15.0 Å². The molecule has 0 aliphatic heterocycles. The zero-order valence-corrected chi connectivity index (χ0v) is 12.9. The van der Waals surface area contributed by atoms with Crippen LogP contribution in [0, 0.1) is 5.82 Å². The van der Waals surface area contributed by atoms with E-state index in [9.17, 15) is 43.9 Å². The van der Waals surface area contributed by atoms with Gasteiger partial charge >= 0.3 is 18.5 Å². The van der Waals surface area contributed by atoms with Crippen LogP contribution in [0.1, 0.15) is 17.1 Å². The summed E-state index contributed by atoms with van der Waals surface area (Å²) in [5.41, 5.74) is -6.26. The molecule has 1 N–H and O–H groups in total. The van der Waals surface area contributed by atoms with E-state index in [0.717, 1.165) is 0 Å². The quantitative estimate of drug-likeness (QED) is 0.552. The van der Waals surface area contributed by atoms with Gasteiger partial charge in [-0.1, -0.05) is 0 Å². The largest absolute Gasteiger partial charge is 0.451 e. The third-order valence-electron chi connectivity index (χ3n) is 3.42. The summed E-state index contributed by atoms with van der Waals surface area (Å²) < 4.78 is 129. The highest BCUT2D eigenvalue weighted by molar-refractivity contribution is 5.78. The lowest BCUT2D eigenvalue weighted by Gasteiger charge is -2.09. The number of benzene rings is 1. The van der Waals surface area contributed by atoms with Gasteiger partial charge in [-0.3, -0.25) is 0 Å². The Bertz CT molecular complexity index is 1050. The molecule has 14 heteroatoms. The molecule has 0 saturated heterocycles. The molecular weight excluding hydrogens is 414 g/mol. The van der Waals surface area contributed by atoms with Gasteiger partial charge in [0.05, 0.1) is 11.1 Å². The van der Waals surface area contributed by atoms with Gasteiger partial charge in [0.2, 0.25) is 5.82 Å². The van der Waals surface area contributed by atoms with Crippen LogP contribution in [-0.4, -0.2) is 19.9 Å². The van der Waals surface area contributed by atoms with Gasteiger partial charge in [-0.2, -0.15) is 39.5 Å². The van der Waals surface area contributed by atoms with E-state index in [1.54, 1.807) is 0 Å². The molecule has 0 atom stereocenters. The highest BCUT2D eigenvalue weighted by atomic mass is 19.4. The number of halogens is 10. The van der Waals surface area contributed by atoms with Gasteiger partial charge in [0.25, 0.3) is 0 Å². The molecule has 0 aliphatic rings. The van der Waals surface area contributed by atoms with Gasteiger partial charge in [-0.25, -0.2) is 19.3 Å². The van der Waals surface area contributed by atoms with Crippen molar-refractivity contribution in [3.63, 3.8) is 0 Å². The average molecular weight is 418 g/mol. The minimum absolute atomic E-state index is 0.0695. The van der Waals surface area contributed by atoms with Crippen molar-refractivity contribution in [1.82, 2.24) is 19.9 Å². The number of nitrogens with zero attached hydrogens (tertiary/aromatic N) is 3. The molecule has 0 amide bonds. The number of rotatable bonds is 1. The molecule has 0 radical (unpaired) electrons. The van der Waals surface area contributed by atoms with Gasteiger partial charge in [0, 0.05) is 0 Å². The van der Waals surface area contributed by atoms with Crippen LogP contribution in [0.4, 0.5) is 43.9 Å². The van der Waals surface area contributed by atoms with Crippen LogP contribution in [0.25, 0.3) is 22.6 Å². The molecule has 1 aromatic carbocycles. The SMILES string of the molecule is Fc1cc(C(F)(F)F)ccc1-c1nc2c(C(F)(F)F)nc(C(F)(F)F)nc2[nH]1. The maximum Gasteiger partial charge on any atom is 0.451 e. The molecule has 150 valence electrons. The van der Waals surface area contributed by atoms with E-state index in [1.165, 1.54) is 0 Å². The maximum atomic E-state index is 14.0. The van der Waals surface area contributed by atoms with Gasteiger partial charge in [0.15, 0.2) is 11.3 Å². The lowest BCUT2D eigenvalue weighted by Crippen LogP contribution is -2.17. The topological polar surface area (TPSA) is 54.5 Å². The molecule has 0 spiro atoms. The van der Waals surface area contributed by atoms with E-state index < -0.39 is 64.0 Å². The fraction of sp³-hybridized carbons (Fsp3) is 0.214. The third kappa shape index (κ3) is 3.57. The number of aromatic nitrogens is 4. The number of H-pyrrole nitrogens is 1. The summed E-state index contributed by atoms with van der Waals surface area (Å²) in [4.78, 5) is 10.6. The number of aromatic amines is 1. The number of hydrogen-bond acceptors (Lipinski definition) is 3. The Kier molecular flexibility index (Phi) is 4.27. The predicted octanol–water partition coefficient (Wildman–Crippen LogP) is 5.22. The molecule has 28 heavy (non-hydrogen) atoms. The lowest BCUT2D eigenvalue weighted by molar-refractivity contribution is -0.151. The second-order valence-electron chi connectivity index (χ2n) is 5.37. The standard InChI is InChI=1S/C14H4F10N4/c15-6-3-4(12(16,17)18)1-2-5(6)9-25-7-8(13(19,20)21)26-11(14(22,23)24)28-10(7)27-9/h1-3H,(H,25,26,27,28). The first-order valence-electron chi connectivity index (χ1n) is 6.97. The van der Waals surface area contributed by atoms with Gasteiger partial charge < -0.3 is 4.98 Å². The van der Waals surface area contributed by atoms with Crippen molar-refractivity contribution in [2.75, 3.05) is 0 Å². The Labute approximate surface area is 147 Å². The minimum atomic E-state index is -5.35. The number of fused-ring (bicyclic) bond motifs is 1. The molecule has 0 saturated carbocycles. The van der Waals surface area contributed by atoms with E-state index in [4.69, 9.17) is 0 Å². The predicted molar refractivity (Wildman–Crippen MR) is 72.1 cm³/mol. The van der Waals surface area contributed by atoms with Crippen LogP contribution in [-0.2, 0) is 18.5 Å². The Morgan fingerprint density at radius 2 is 1.39 bits per heavy atom. The molecule has 3 aromatic rings. The van der Waals surface area contributed by atoms with Gasteiger partial charge in [-0.15, -0.1) is 0 Å². The first-order valence-corrected chi connectivity index (χ1v) is 6.97. The maximum absolute atomic E-state index is 14.0. The van der Waals surface area contributed by atoms with E-state index >= 15 is 0 Å². The number of alkyl halides is 9. The van der Waals surface area contributed by atoms with Crippen molar-refractivity contribution in [1.29, 1.82) is 0 Å². The summed E-state index contributed by atoms with van der Waals surface area (Å²) in [6.07, 6.45) is -15.6. The molecule has 0 bridgehead atoms. The van der Waals surface area contributed by atoms with Crippen LogP contribution >= 0.6 is 0 Å². The van der Waals surface area contributed by atoms with Crippen LogP contribution in [0.15, 0.2) is 18.2 Å². The van der Waals surface area contributed by atoms with E-state index in [1.807, 2.05) is 4.98 Å². The van der Waals surface area contributed by atoms with Gasteiger partial charge in [-0.05, 0) is 18.2 Å². The van der Waals surface area contributed by atoms with Gasteiger partial charge in [0.1, 0.15) is 17.2 Å². The first kappa shape index (κ1) is 19.8. The normalized spacial score (nSPS) is 13.4. The van der Waals surface area contributed by atoms with E-state index in [0.29, 0.717) is 12.1 Å². The van der Waals surface area contributed by atoms with Crippen molar-refractivity contribution in [3.8, 4) is 11.4 Å². The summed E-state index contributed by atoms with van der Waals surface area (Å²) in [6, 6.07) is 1.07. The zero-order chi connectivity index (χ0) is 21.1. The van der Waals surface area contributed by atoms with Crippen molar-refractivity contribution in [2.24, 2.45) is 0 Å². The highest BCUT2D eigenvalue weighted by Crippen LogP contribution is 2.37. The third-order valence-corrected chi connectivity index (χ3v) is 3.42. The Morgan fingerprint density at radius 1 is 0.750 bits per heavy atom. The molecule has 2 heterocycles. The smallest absolute Gasteiger partial charge is 0.322 e. The van der Waals surface area contributed by atoms with Crippen molar-refractivity contribution >= 4 is 11.2 Å². The molecular formula is C14H4F10N4. The fourth-order valence-electron chi connectivity index (χ4n) is 2.24. The number of hydrogen-bond donors (Lipinski definition) is 1. The number of imidazole rings is 1. The summed E-state index contributed by atoms with van der Waals surface area (Å²) >= 11 is 0. The average Bonchev–Trinajstić information content (AvgIpc) is 2.94. The van der Waals surface area contributed by atoms with Crippen LogP contribution in [0.3, 0.4) is 0 Å². The Balaban J connectivity index is 2.22. The molecule has 0 aliphatic carbocycles. The summed E-state index contributed by atoms with van der Waals surface area (Å²) in [6.45, 7) is 0. The lowest BCUT2D eigenvalue weighted by atomic mass is 10.1. The molecule has 2 aromatic heterocycles. The molecule has 3 rings (SSSR count). The van der Waals surface area contributed by atoms with Crippen LogP contribution in [0.2, 0.25) is 0 Å². The fourth-order valence-corrected chi connectivity index (χ4v) is 2.24. The van der Waals surface area contributed by atoms with Crippen molar-refractivity contribution in [3.05, 3.63) is 41.1 Å². The molecule has 0 unspecified atom stereocenters. The monoisotopic (exact) mass is 418 g/mol. The van der Waals surface area contributed by atoms with Crippen molar-refractivity contribution in [2.45, 2.75) is 18.5 Å². The first-order chi connectivity index (χ1) is 12.7. The van der Waals surface area contributed by atoms with Crippen LogP contribution in [0.5, 0.6) is 0 Å². The van der Waals surface area contributed by atoms with E-state index in [-0.39, 0.29) is 6.07 Å². The Hall–Kier alpha value is -2.93. The summed E-state index contributed by atoms with van der Waals surface area (Å²) in [5.74, 6) is -4.37. The summed E-state index contributed by atoms with van der Waals surface area (Å²) in [5, 5.41) is 0. The number of nitrogens with one attached hydrogen (secondary N) is 1. The highest BCUT2D eigenvalue weighted by Gasteiger charge is 2.42. The second-order valence-corrected chi connectivity index (χ2v) is 5.37. The van der Waals surface area contributed by atoms with Crippen LogP contribution < -0.4 is 0 Å². The second kappa shape index (κ2) is 6.04. The minimum Gasteiger partial charge on any atom is -0.322 e. The Morgan fingerprint density at radius 3 is 1.89 bits per heavy atom.